The molecule has 40 heavy (non-hydrogen) atoms. The molecule has 1 saturated heterocycles. The summed E-state index contributed by atoms with van der Waals surface area (Å²) >= 11 is 18.2. The summed E-state index contributed by atoms with van der Waals surface area (Å²) in [6, 6.07) is 19.2. The number of nitrogens with one attached hydrogen (secondary N) is 1. The van der Waals surface area contributed by atoms with Gasteiger partial charge in [0.25, 0.3) is 11.8 Å². The quantitative estimate of drug-likeness (QED) is 0.318. The highest BCUT2D eigenvalue weighted by molar-refractivity contribution is 6.31. The lowest BCUT2D eigenvalue weighted by molar-refractivity contribution is 0.0676. The fourth-order valence-electron chi connectivity index (χ4n) is 4.86. The summed E-state index contributed by atoms with van der Waals surface area (Å²) in [4.78, 5) is 31.9. The van der Waals surface area contributed by atoms with Crippen molar-refractivity contribution < 1.29 is 14.7 Å². The van der Waals surface area contributed by atoms with Crippen molar-refractivity contribution in [2.45, 2.75) is 25.6 Å². The van der Waals surface area contributed by atoms with E-state index in [0.717, 1.165) is 5.56 Å². The van der Waals surface area contributed by atoms with Crippen LogP contribution < -0.4 is 5.32 Å². The van der Waals surface area contributed by atoms with Crippen LogP contribution in [0.5, 0.6) is 0 Å². The highest BCUT2D eigenvalue weighted by atomic mass is 35.5. The molecule has 10 heteroatoms. The predicted octanol–water partition coefficient (Wildman–Crippen LogP) is 5.54. The van der Waals surface area contributed by atoms with Gasteiger partial charge in [0.05, 0.1) is 17.7 Å². The third kappa shape index (κ3) is 7.47. The average Bonchev–Trinajstić information content (AvgIpc) is 3.34. The van der Waals surface area contributed by atoms with Gasteiger partial charge in [0.2, 0.25) is 0 Å². The summed E-state index contributed by atoms with van der Waals surface area (Å²) in [5, 5.41) is 16.0. The Balaban J connectivity index is 1.39. The third-order valence-electron chi connectivity index (χ3n) is 7.19. The van der Waals surface area contributed by atoms with Crippen LogP contribution in [0.4, 0.5) is 5.69 Å². The maximum Gasteiger partial charge on any atom is 0.256 e. The van der Waals surface area contributed by atoms with Crippen LogP contribution in [0.1, 0.15) is 33.2 Å². The number of carbonyl (C=O) groups is 2. The Morgan fingerprint density at radius 2 is 1.55 bits per heavy atom. The minimum atomic E-state index is -0.709. The Labute approximate surface area is 250 Å². The molecule has 0 unspecified atom stereocenters. The molecular formula is C30H33Cl3N4O3. The molecule has 0 bridgehead atoms. The van der Waals surface area contributed by atoms with E-state index < -0.39 is 6.10 Å². The SMILES string of the molecule is CCN(CCN(C)C(=O)c1ccc(Cl)cc1)[C@@H]1CN(C(=O)c2ccc(Cl)cc2NCc2ccc(Cl)cc2)C[C@H]1O. The van der Waals surface area contributed by atoms with Crippen LogP contribution in [0.15, 0.2) is 66.7 Å². The zero-order chi connectivity index (χ0) is 28.8. The maximum absolute atomic E-state index is 13.6. The van der Waals surface area contributed by atoms with Gasteiger partial charge < -0.3 is 20.2 Å². The molecule has 4 rings (SSSR count). The smallest absolute Gasteiger partial charge is 0.256 e. The van der Waals surface area contributed by atoms with E-state index in [0.29, 0.717) is 64.6 Å². The van der Waals surface area contributed by atoms with E-state index in [-0.39, 0.29) is 24.4 Å². The molecule has 3 aromatic rings. The molecule has 1 aliphatic rings. The minimum Gasteiger partial charge on any atom is -0.390 e. The number of hydrogen-bond acceptors (Lipinski definition) is 5. The fourth-order valence-corrected chi connectivity index (χ4v) is 5.29. The molecule has 2 N–H and O–H groups in total. The van der Waals surface area contributed by atoms with Gasteiger partial charge >= 0.3 is 0 Å². The van der Waals surface area contributed by atoms with Gasteiger partial charge in [-0.15, -0.1) is 0 Å². The molecule has 1 aliphatic heterocycles. The maximum atomic E-state index is 13.6. The number of nitrogens with zero attached hydrogens (tertiary/aromatic N) is 3. The normalized spacial score (nSPS) is 16.8. The molecule has 7 nitrogen and oxygen atoms in total. The Hall–Kier alpha value is -2.81. The predicted molar refractivity (Wildman–Crippen MR) is 162 cm³/mol. The number of benzene rings is 3. The number of rotatable bonds is 10. The van der Waals surface area contributed by atoms with Crippen molar-refractivity contribution in [1.29, 1.82) is 0 Å². The topological polar surface area (TPSA) is 76.1 Å². The van der Waals surface area contributed by atoms with Crippen LogP contribution >= 0.6 is 34.8 Å². The second kappa shape index (κ2) is 13.7. The fraction of sp³-hybridized carbons (Fsp3) is 0.333. The van der Waals surface area contributed by atoms with Crippen molar-refractivity contribution in [3.8, 4) is 0 Å². The Morgan fingerprint density at radius 3 is 2.20 bits per heavy atom. The molecule has 212 valence electrons. The van der Waals surface area contributed by atoms with Crippen molar-refractivity contribution in [3.05, 3.63) is 98.5 Å². The highest BCUT2D eigenvalue weighted by Crippen LogP contribution is 2.26. The van der Waals surface area contributed by atoms with Gasteiger partial charge in [-0.1, -0.05) is 53.9 Å². The number of halogens is 3. The summed E-state index contributed by atoms with van der Waals surface area (Å²) in [6.45, 7) is 4.81. The molecule has 0 radical (unpaired) electrons. The number of hydrogen-bond donors (Lipinski definition) is 2. The summed E-state index contributed by atoms with van der Waals surface area (Å²) in [7, 11) is 1.75. The largest absolute Gasteiger partial charge is 0.390 e. The number of likely N-dealkylation sites (tertiary alicyclic amines) is 1. The van der Waals surface area contributed by atoms with E-state index >= 15 is 0 Å². The van der Waals surface area contributed by atoms with Crippen LogP contribution in [0.3, 0.4) is 0 Å². The Bertz CT molecular complexity index is 1320. The van der Waals surface area contributed by atoms with E-state index in [9.17, 15) is 14.7 Å². The van der Waals surface area contributed by atoms with Crippen LogP contribution in [-0.2, 0) is 6.54 Å². The van der Waals surface area contributed by atoms with Crippen LogP contribution in [-0.4, -0.2) is 83.5 Å². The van der Waals surface area contributed by atoms with Gasteiger partial charge in [0.1, 0.15) is 0 Å². The van der Waals surface area contributed by atoms with Crippen molar-refractivity contribution in [1.82, 2.24) is 14.7 Å². The molecule has 0 aromatic heterocycles. The van der Waals surface area contributed by atoms with Gasteiger partial charge in [-0.05, 0) is 66.7 Å². The zero-order valence-electron chi connectivity index (χ0n) is 22.5. The molecule has 2 amide bonds. The molecule has 0 saturated carbocycles. The number of aliphatic hydroxyl groups excluding tert-OH is 1. The second-order valence-electron chi connectivity index (χ2n) is 9.88. The first-order valence-electron chi connectivity index (χ1n) is 13.2. The molecule has 2 atom stereocenters. The second-order valence-corrected chi connectivity index (χ2v) is 11.2. The lowest BCUT2D eigenvalue weighted by atomic mass is 10.1. The minimum absolute atomic E-state index is 0.0992. The first-order chi connectivity index (χ1) is 19.2. The number of likely N-dealkylation sites (N-methyl/N-ethyl adjacent to an activating group) is 2. The lowest BCUT2D eigenvalue weighted by Crippen LogP contribution is -2.47. The summed E-state index contributed by atoms with van der Waals surface area (Å²) in [6.07, 6.45) is -0.709. The Kier molecular flexibility index (Phi) is 10.3. The first kappa shape index (κ1) is 30.2. The average molecular weight is 604 g/mol. The first-order valence-corrected chi connectivity index (χ1v) is 14.3. The van der Waals surface area contributed by atoms with Crippen molar-refractivity contribution in [3.63, 3.8) is 0 Å². The van der Waals surface area contributed by atoms with Crippen molar-refractivity contribution in [2.75, 3.05) is 45.1 Å². The van der Waals surface area contributed by atoms with E-state index in [4.69, 9.17) is 34.8 Å². The lowest BCUT2D eigenvalue weighted by Gasteiger charge is -2.31. The van der Waals surface area contributed by atoms with Crippen molar-refractivity contribution >= 4 is 52.3 Å². The summed E-state index contributed by atoms with van der Waals surface area (Å²) in [5.74, 6) is -0.277. The number of β-amino-alcohol motifs (C(OH)–C–C–N with tert-alkyl or cyclic N) is 1. The number of anilines is 1. The summed E-state index contributed by atoms with van der Waals surface area (Å²) in [5.41, 5.74) is 2.69. The van der Waals surface area contributed by atoms with E-state index in [1.54, 1.807) is 59.3 Å². The Morgan fingerprint density at radius 1 is 0.925 bits per heavy atom. The molecule has 0 aliphatic carbocycles. The summed E-state index contributed by atoms with van der Waals surface area (Å²) < 4.78 is 0. The standard InChI is InChI=1S/C30H33Cl3N4O3/c1-3-36(15-14-35(2)29(39)21-6-10-23(32)11-7-21)27-18-37(19-28(27)38)30(40)25-13-12-24(33)16-26(25)34-17-20-4-8-22(31)9-5-20/h4-13,16,27-28,34,38H,3,14-15,17-19H2,1-2H3/t27-,28-/m1/s1. The van der Waals surface area contributed by atoms with Crippen LogP contribution in [0.25, 0.3) is 0 Å². The molecule has 3 aromatic carbocycles. The molecular weight excluding hydrogens is 571 g/mol. The van der Waals surface area contributed by atoms with Crippen molar-refractivity contribution in [2.24, 2.45) is 0 Å². The van der Waals surface area contributed by atoms with Crippen LogP contribution in [0.2, 0.25) is 15.1 Å². The number of carbonyl (C=O) groups excluding carboxylic acids is 2. The van der Waals surface area contributed by atoms with E-state index in [1.165, 1.54) is 0 Å². The van der Waals surface area contributed by atoms with Gasteiger partial charge in [-0.2, -0.15) is 0 Å². The van der Waals surface area contributed by atoms with E-state index in [2.05, 4.69) is 10.2 Å². The molecule has 1 fully saturated rings. The van der Waals surface area contributed by atoms with Gasteiger partial charge in [0, 0.05) is 66.1 Å². The third-order valence-corrected chi connectivity index (χ3v) is 7.93. The number of aliphatic hydroxyl groups is 1. The van der Waals surface area contributed by atoms with Gasteiger partial charge in [-0.3, -0.25) is 14.5 Å². The van der Waals surface area contributed by atoms with Crippen LogP contribution in [0, 0.1) is 0 Å². The molecule has 0 spiro atoms. The number of amides is 2. The zero-order valence-corrected chi connectivity index (χ0v) is 24.8. The molecule has 1 heterocycles. The highest BCUT2D eigenvalue weighted by Gasteiger charge is 2.38. The monoisotopic (exact) mass is 602 g/mol. The van der Waals surface area contributed by atoms with Gasteiger partial charge in [0.15, 0.2) is 0 Å². The van der Waals surface area contributed by atoms with E-state index in [1.807, 2.05) is 31.2 Å². The van der Waals surface area contributed by atoms with Gasteiger partial charge in [-0.25, -0.2) is 0 Å².